The van der Waals surface area contributed by atoms with E-state index in [2.05, 4.69) is 11.9 Å². The molecule has 1 heterocycles. The lowest BCUT2D eigenvalue weighted by molar-refractivity contribution is -0.116. The second-order valence-corrected chi connectivity index (χ2v) is 7.19. The molecule has 0 radical (unpaired) electrons. The number of benzene rings is 1. The highest BCUT2D eigenvalue weighted by molar-refractivity contribution is 6.35. The van der Waals surface area contributed by atoms with Crippen molar-refractivity contribution in [2.24, 2.45) is 5.41 Å². The van der Waals surface area contributed by atoms with Crippen LogP contribution in [0.5, 0.6) is 0 Å². The number of halogens is 1. The van der Waals surface area contributed by atoms with Crippen molar-refractivity contribution in [1.29, 1.82) is 0 Å². The number of aliphatic hydroxyl groups excluding tert-OH is 1. The maximum absolute atomic E-state index is 12.4. The van der Waals surface area contributed by atoms with Crippen LogP contribution in [0.15, 0.2) is 48.8 Å². The number of aliphatic hydroxyl groups is 1. The molecule has 0 bridgehead atoms. The molecule has 1 aliphatic heterocycles. The summed E-state index contributed by atoms with van der Waals surface area (Å²) in [6.45, 7) is 11.7. The monoisotopic (exact) mass is 357 g/mol. The average Bonchev–Trinajstić information content (AvgIpc) is 2.55. The van der Waals surface area contributed by atoms with Gasteiger partial charge in [0.05, 0.1) is 5.57 Å². The Hall–Kier alpha value is -2.26. The summed E-state index contributed by atoms with van der Waals surface area (Å²) in [4.78, 5) is 12.4. The molecule has 1 aromatic carbocycles. The van der Waals surface area contributed by atoms with Gasteiger partial charge >= 0.3 is 0 Å². The summed E-state index contributed by atoms with van der Waals surface area (Å²) in [7, 11) is 0. The minimum atomic E-state index is -0.529. The first-order valence-electron chi connectivity index (χ1n) is 8.21. The van der Waals surface area contributed by atoms with Gasteiger partial charge in [-0.05, 0) is 36.6 Å². The van der Waals surface area contributed by atoms with Crippen molar-refractivity contribution in [3.05, 3.63) is 70.5 Å². The van der Waals surface area contributed by atoms with E-state index in [9.17, 15) is 9.90 Å². The summed E-state index contributed by atoms with van der Waals surface area (Å²) in [6, 6.07) is 3.79. The van der Waals surface area contributed by atoms with E-state index in [1.165, 1.54) is 0 Å². The van der Waals surface area contributed by atoms with Gasteiger partial charge in [-0.1, -0.05) is 62.4 Å². The molecule has 3 nitrogen and oxygen atoms in total. The van der Waals surface area contributed by atoms with Crippen LogP contribution in [0.4, 0.5) is 0 Å². The third kappa shape index (κ3) is 3.72. The lowest BCUT2D eigenvalue weighted by Gasteiger charge is -2.32. The summed E-state index contributed by atoms with van der Waals surface area (Å²) in [5.41, 5.74) is 3.10. The number of carbonyl (C=O) groups is 1. The molecule has 2 rings (SSSR count). The highest BCUT2D eigenvalue weighted by atomic mass is 35.5. The number of nitrogens with one attached hydrogen (secondary N) is 1. The first kappa shape index (κ1) is 19.1. The standard InChI is InChI=1S/C21H24ClNO2/c1-6-8-9-14(7-2)15-10-13(3)17(16(22)11-15)18-19(24)21(4,5)12-23-20(18)25/h6-11,24H,1,12H2,2-5H3,(H,23,25)/b9-8-,14-7+. The second-order valence-electron chi connectivity index (χ2n) is 6.78. The molecule has 4 heteroatoms. The predicted molar refractivity (Wildman–Crippen MR) is 106 cm³/mol. The van der Waals surface area contributed by atoms with Crippen LogP contribution >= 0.6 is 11.6 Å². The number of carbonyl (C=O) groups excluding carboxylic acids is 1. The first-order valence-corrected chi connectivity index (χ1v) is 8.59. The van der Waals surface area contributed by atoms with Crippen LogP contribution in [0, 0.1) is 12.3 Å². The number of allylic oxidation sites excluding steroid dienone is 5. The van der Waals surface area contributed by atoms with E-state index < -0.39 is 5.41 Å². The normalized spacial score (nSPS) is 17.8. The summed E-state index contributed by atoms with van der Waals surface area (Å²) >= 11 is 6.53. The van der Waals surface area contributed by atoms with Crippen LogP contribution in [0.25, 0.3) is 11.1 Å². The maximum Gasteiger partial charge on any atom is 0.255 e. The highest BCUT2D eigenvalue weighted by Gasteiger charge is 2.36. The van der Waals surface area contributed by atoms with E-state index in [-0.39, 0.29) is 17.2 Å². The van der Waals surface area contributed by atoms with Crippen molar-refractivity contribution in [2.45, 2.75) is 27.7 Å². The van der Waals surface area contributed by atoms with Crippen LogP contribution in [-0.4, -0.2) is 17.6 Å². The number of aryl methyl sites for hydroxylation is 1. The molecule has 25 heavy (non-hydrogen) atoms. The van der Waals surface area contributed by atoms with E-state index in [1.54, 1.807) is 6.08 Å². The van der Waals surface area contributed by atoms with Crippen LogP contribution in [0.1, 0.15) is 37.5 Å². The average molecular weight is 358 g/mol. The van der Waals surface area contributed by atoms with Crippen LogP contribution in [0.2, 0.25) is 5.02 Å². The van der Waals surface area contributed by atoms with Crippen molar-refractivity contribution in [2.75, 3.05) is 6.54 Å². The molecule has 0 spiro atoms. The third-order valence-corrected chi connectivity index (χ3v) is 4.69. The molecule has 2 N–H and O–H groups in total. The van der Waals surface area contributed by atoms with E-state index >= 15 is 0 Å². The Kier molecular flexibility index (Phi) is 5.58. The molecule has 1 aliphatic rings. The van der Waals surface area contributed by atoms with Gasteiger partial charge in [0.15, 0.2) is 0 Å². The molecule has 0 aliphatic carbocycles. The Bertz CT molecular complexity index is 790. The minimum Gasteiger partial charge on any atom is -0.511 e. The fourth-order valence-corrected chi connectivity index (χ4v) is 3.27. The van der Waals surface area contributed by atoms with Crippen molar-refractivity contribution < 1.29 is 9.90 Å². The maximum atomic E-state index is 12.4. The van der Waals surface area contributed by atoms with Crippen molar-refractivity contribution in [3.63, 3.8) is 0 Å². The van der Waals surface area contributed by atoms with Crippen LogP contribution in [0.3, 0.4) is 0 Å². The van der Waals surface area contributed by atoms with Gasteiger partial charge in [-0.3, -0.25) is 4.79 Å². The molecule has 0 saturated carbocycles. The Labute approximate surface area is 154 Å². The Morgan fingerprint density at radius 1 is 1.40 bits per heavy atom. The van der Waals surface area contributed by atoms with Gasteiger partial charge in [0.2, 0.25) is 0 Å². The molecule has 0 aromatic heterocycles. The number of hydrogen-bond donors (Lipinski definition) is 2. The third-order valence-electron chi connectivity index (χ3n) is 4.39. The summed E-state index contributed by atoms with van der Waals surface area (Å²) < 4.78 is 0. The molecule has 0 unspecified atom stereocenters. The lowest BCUT2D eigenvalue weighted by Crippen LogP contribution is -2.42. The number of amides is 1. The minimum absolute atomic E-state index is 0.0758. The molecule has 0 atom stereocenters. The van der Waals surface area contributed by atoms with Gasteiger partial charge in [0, 0.05) is 22.5 Å². The second kappa shape index (κ2) is 7.32. The van der Waals surface area contributed by atoms with Gasteiger partial charge in [0.1, 0.15) is 5.76 Å². The predicted octanol–water partition coefficient (Wildman–Crippen LogP) is 5.22. The quantitative estimate of drug-likeness (QED) is 0.726. The van der Waals surface area contributed by atoms with Gasteiger partial charge < -0.3 is 10.4 Å². The Morgan fingerprint density at radius 2 is 2.08 bits per heavy atom. The summed E-state index contributed by atoms with van der Waals surface area (Å²) in [5.74, 6) is -0.223. The fourth-order valence-electron chi connectivity index (χ4n) is 2.91. The van der Waals surface area contributed by atoms with E-state index in [0.717, 1.165) is 16.7 Å². The van der Waals surface area contributed by atoms with Crippen LogP contribution in [-0.2, 0) is 4.79 Å². The topological polar surface area (TPSA) is 49.3 Å². The summed E-state index contributed by atoms with van der Waals surface area (Å²) in [5, 5.41) is 13.9. The van der Waals surface area contributed by atoms with Gasteiger partial charge in [0.25, 0.3) is 5.91 Å². The van der Waals surface area contributed by atoms with Crippen LogP contribution < -0.4 is 5.32 Å². The van der Waals surface area contributed by atoms with Crippen molar-refractivity contribution >= 4 is 28.7 Å². The lowest BCUT2D eigenvalue weighted by atomic mass is 9.81. The van der Waals surface area contributed by atoms with Crippen molar-refractivity contribution in [3.8, 4) is 0 Å². The van der Waals surface area contributed by atoms with Gasteiger partial charge in [-0.25, -0.2) is 0 Å². The Morgan fingerprint density at radius 3 is 2.64 bits per heavy atom. The molecule has 0 fully saturated rings. The summed E-state index contributed by atoms with van der Waals surface area (Å²) in [6.07, 6.45) is 7.50. The van der Waals surface area contributed by atoms with Crippen molar-refractivity contribution in [1.82, 2.24) is 5.32 Å². The van der Waals surface area contributed by atoms with Gasteiger partial charge in [-0.2, -0.15) is 0 Å². The number of rotatable bonds is 4. The molecule has 0 saturated heterocycles. The Balaban J connectivity index is 2.64. The number of hydrogen-bond acceptors (Lipinski definition) is 2. The zero-order valence-corrected chi connectivity index (χ0v) is 15.9. The zero-order chi connectivity index (χ0) is 18.8. The molecule has 1 amide bonds. The van der Waals surface area contributed by atoms with E-state index in [1.807, 2.05) is 58.1 Å². The van der Waals surface area contributed by atoms with E-state index in [0.29, 0.717) is 17.1 Å². The highest BCUT2D eigenvalue weighted by Crippen LogP contribution is 2.39. The largest absolute Gasteiger partial charge is 0.511 e. The van der Waals surface area contributed by atoms with Gasteiger partial charge in [-0.15, -0.1) is 0 Å². The molecule has 1 aromatic rings. The van der Waals surface area contributed by atoms with E-state index in [4.69, 9.17) is 11.6 Å². The zero-order valence-electron chi connectivity index (χ0n) is 15.1. The SMILES string of the molecule is C=C/C=C\C(=C/C)c1cc(C)c(C2=C(O)C(C)(C)CNC2=O)c(Cl)c1. The molecule has 132 valence electrons. The fraction of sp³-hybridized carbons (Fsp3) is 0.286. The first-order chi connectivity index (χ1) is 11.7. The smallest absolute Gasteiger partial charge is 0.255 e. The molecular formula is C21H24ClNO2. The molecular weight excluding hydrogens is 334 g/mol.